The van der Waals surface area contributed by atoms with Crippen LogP contribution in [0.5, 0.6) is 11.5 Å². The molecule has 1 heterocycles. The molecule has 1 aliphatic rings. The Morgan fingerprint density at radius 2 is 1.54 bits per heavy atom. The number of hydrogen-bond donors (Lipinski definition) is 1. The van der Waals surface area contributed by atoms with Crippen molar-refractivity contribution in [2.75, 3.05) is 34.5 Å². The molecule has 1 atom stereocenters. The summed E-state index contributed by atoms with van der Waals surface area (Å²) in [6.07, 6.45) is -4.78. The van der Waals surface area contributed by atoms with Crippen LogP contribution in [0.25, 0.3) is 0 Å². The van der Waals surface area contributed by atoms with Crippen molar-refractivity contribution in [3.05, 3.63) is 23.3 Å². The summed E-state index contributed by atoms with van der Waals surface area (Å²) < 4.78 is 48.1. The molecule has 1 unspecified atom stereocenters. The van der Waals surface area contributed by atoms with Crippen LogP contribution in [-0.2, 0) is 16.1 Å². The molecular formula is C17H21F3N3O5+. The van der Waals surface area contributed by atoms with Crippen LogP contribution in [0.2, 0.25) is 0 Å². The van der Waals surface area contributed by atoms with Gasteiger partial charge in [-0.25, -0.2) is 14.6 Å². The fourth-order valence-corrected chi connectivity index (χ4v) is 2.87. The lowest BCUT2D eigenvalue weighted by atomic mass is 10.1. The van der Waals surface area contributed by atoms with Gasteiger partial charge in [-0.15, -0.1) is 0 Å². The van der Waals surface area contributed by atoms with Crippen molar-refractivity contribution in [1.82, 2.24) is 9.80 Å². The molecule has 1 N–H and O–H groups in total. The van der Waals surface area contributed by atoms with E-state index < -0.39 is 30.6 Å². The average Bonchev–Trinajstić information content (AvgIpc) is 2.79. The highest BCUT2D eigenvalue weighted by Gasteiger charge is 2.49. The second kappa shape index (κ2) is 8.05. The SMILES string of the molecule is COc1cc(C)c(C[NH+](C)CN2C(=O)C(=O)N(CC(F)(F)F)C2=O)cc1OC. The highest BCUT2D eigenvalue weighted by atomic mass is 19.4. The summed E-state index contributed by atoms with van der Waals surface area (Å²) in [5, 5.41) is 0. The third kappa shape index (κ3) is 4.53. The first-order valence-corrected chi connectivity index (χ1v) is 8.25. The summed E-state index contributed by atoms with van der Waals surface area (Å²) in [4.78, 5) is 36.8. The number of urea groups is 1. The maximum absolute atomic E-state index is 12.5. The topological polar surface area (TPSA) is 80.6 Å². The molecule has 28 heavy (non-hydrogen) atoms. The first-order valence-electron chi connectivity index (χ1n) is 8.25. The molecular weight excluding hydrogens is 383 g/mol. The fraction of sp³-hybridized carbons (Fsp3) is 0.471. The number of quaternary nitrogens is 1. The number of ether oxygens (including phenoxy) is 2. The number of methoxy groups -OCH3 is 2. The number of carbonyl (C=O) groups excluding carboxylic acids is 3. The third-order valence-corrected chi connectivity index (χ3v) is 4.23. The third-order valence-electron chi connectivity index (χ3n) is 4.23. The Bertz CT molecular complexity index is 797. The van der Waals surface area contributed by atoms with Crippen LogP contribution in [0.1, 0.15) is 11.1 Å². The Balaban J connectivity index is 2.13. The summed E-state index contributed by atoms with van der Waals surface area (Å²) in [5.74, 6) is -1.70. The van der Waals surface area contributed by atoms with Gasteiger partial charge in [0.2, 0.25) is 0 Å². The van der Waals surface area contributed by atoms with E-state index in [9.17, 15) is 27.6 Å². The van der Waals surface area contributed by atoms with E-state index in [1.807, 2.05) is 6.92 Å². The second-order valence-corrected chi connectivity index (χ2v) is 6.45. The molecule has 1 fully saturated rings. The van der Waals surface area contributed by atoms with Gasteiger partial charge in [-0.1, -0.05) is 0 Å². The van der Waals surface area contributed by atoms with Crippen molar-refractivity contribution in [3.63, 3.8) is 0 Å². The molecule has 0 radical (unpaired) electrons. The minimum absolute atomic E-state index is 0.0860. The van der Waals surface area contributed by atoms with Crippen molar-refractivity contribution in [1.29, 1.82) is 0 Å². The number of halogens is 3. The number of imide groups is 2. The van der Waals surface area contributed by atoms with Crippen molar-refractivity contribution in [2.45, 2.75) is 19.6 Å². The van der Waals surface area contributed by atoms with Gasteiger partial charge >= 0.3 is 24.0 Å². The molecule has 0 aliphatic carbocycles. The minimum Gasteiger partial charge on any atom is -0.493 e. The zero-order chi connectivity index (χ0) is 21.2. The highest BCUT2D eigenvalue weighted by molar-refractivity contribution is 6.44. The smallest absolute Gasteiger partial charge is 0.406 e. The highest BCUT2D eigenvalue weighted by Crippen LogP contribution is 2.30. The Morgan fingerprint density at radius 1 is 1.00 bits per heavy atom. The van der Waals surface area contributed by atoms with Gasteiger partial charge in [0.05, 0.1) is 21.3 Å². The molecule has 1 aromatic carbocycles. The monoisotopic (exact) mass is 404 g/mol. The first-order chi connectivity index (χ1) is 13.0. The largest absolute Gasteiger partial charge is 0.493 e. The zero-order valence-electron chi connectivity index (χ0n) is 15.8. The maximum Gasteiger partial charge on any atom is 0.406 e. The molecule has 154 valence electrons. The van der Waals surface area contributed by atoms with Gasteiger partial charge < -0.3 is 14.4 Å². The average molecular weight is 404 g/mol. The lowest BCUT2D eigenvalue weighted by molar-refractivity contribution is -0.901. The summed E-state index contributed by atoms with van der Waals surface area (Å²) in [7, 11) is 4.63. The second-order valence-electron chi connectivity index (χ2n) is 6.45. The number of benzene rings is 1. The number of rotatable bonds is 7. The molecule has 1 saturated heterocycles. The molecule has 8 nitrogen and oxygen atoms in total. The summed E-state index contributed by atoms with van der Waals surface area (Å²) >= 11 is 0. The quantitative estimate of drug-likeness (QED) is 0.524. The molecule has 1 aliphatic heterocycles. The predicted molar refractivity (Wildman–Crippen MR) is 89.8 cm³/mol. The molecule has 2 rings (SSSR count). The van der Waals surface area contributed by atoms with Crippen molar-refractivity contribution < 1.29 is 41.9 Å². The van der Waals surface area contributed by atoms with Gasteiger partial charge in [0.1, 0.15) is 13.1 Å². The minimum atomic E-state index is -4.78. The Hall–Kier alpha value is -2.82. The number of aryl methyl sites for hydroxylation is 1. The van der Waals surface area contributed by atoms with E-state index >= 15 is 0 Å². The van der Waals surface area contributed by atoms with Gasteiger partial charge in [-0.2, -0.15) is 13.2 Å². The van der Waals surface area contributed by atoms with E-state index in [2.05, 4.69) is 0 Å². The normalized spacial score (nSPS) is 16.0. The van der Waals surface area contributed by atoms with E-state index in [0.717, 1.165) is 11.1 Å². The standard InChI is InChI=1S/C17H20F3N3O5/c1-10-5-12(27-3)13(28-4)6-11(10)7-21(2)9-23-15(25)14(24)22(16(23)26)8-17(18,19)20/h5-6H,7-9H2,1-4H3/p+1. The van der Waals surface area contributed by atoms with Gasteiger partial charge in [0.15, 0.2) is 18.2 Å². The lowest BCUT2D eigenvalue weighted by Gasteiger charge is -2.21. The van der Waals surface area contributed by atoms with E-state index in [0.29, 0.717) is 27.8 Å². The van der Waals surface area contributed by atoms with Crippen LogP contribution in [0.3, 0.4) is 0 Å². The Labute approximate surface area is 159 Å². The van der Waals surface area contributed by atoms with Gasteiger partial charge in [0, 0.05) is 5.56 Å². The number of nitrogens with zero attached hydrogens (tertiary/aromatic N) is 2. The van der Waals surface area contributed by atoms with E-state index in [4.69, 9.17) is 9.47 Å². The van der Waals surface area contributed by atoms with Crippen LogP contribution in [0.15, 0.2) is 12.1 Å². The van der Waals surface area contributed by atoms with Crippen LogP contribution in [-0.4, -0.2) is 68.3 Å². The first kappa shape index (κ1) is 21.5. The number of nitrogens with one attached hydrogen (secondary N) is 1. The number of hydrogen-bond acceptors (Lipinski definition) is 5. The zero-order valence-corrected chi connectivity index (χ0v) is 15.8. The van der Waals surface area contributed by atoms with E-state index in [-0.39, 0.29) is 11.6 Å². The molecule has 1 aromatic rings. The van der Waals surface area contributed by atoms with Gasteiger partial charge in [-0.3, -0.25) is 9.59 Å². The summed E-state index contributed by atoms with van der Waals surface area (Å²) in [5.41, 5.74) is 1.69. The van der Waals surface area contributed by atoms with Crippen LogP contribution >= 0.6 is 0 Å². The molecule has 11 heteroatoms. The van der Waals surface area contributed by atoms with Gasteiger partial charge in [0.25, 0.3) is 0 Å². The number of alkyl halides is 3. The van der Waals surface area contributed by atoms with Crippen LogP contribution in [0, 0.1) is 6.92 Å². The molecule has 0 bridgehead atoms. The van der Waals surface area contributed by atoms with Gasteiger partial charge in [-0.05, 0) is 24.6 Å². The molecule has 0 saturated carbocycles. The Kier molecular flexibility index (Phi) is 6.17. The Morgan fingerprint density at radius 3 is 2.07 bits per heavy atom. The fourth-order valence-electron chi connectivity index (χ4n) is 2.87. The van der Waals surface area contributed by atoms with Crippen molar-refractivity contribution in [2.24, 2.45) is 0 Å². The molecule has 0 aromatic heterocycles. The van der Waals surface area contributed by atoms with Crippen molar-refractivity contribution >= 4 is 17.8 Å². The predicted octanol–water partition coefficient (Wildman–Crippen LogP) is 0.338. The number of carbonyl (C=O) groups is 3. The summed E-state index contributed by atoms with van der Waals surface area (Å²) in [6.45, 7) is 0.119. The van der Waals surface area contributed by atoms with E-state index in [1.165, 1.54) is 14.2 Å². The van der Waals surface area contributed by atoms with Crippen molar-refractivity contribution in [3.8, 4) is 11.5 Å². The maximum atomic E-state index is 12.5. The number of amides is 4. The van der Waals surface area contributed by atoms with E-state index in [1.54, 1.807) is 19.2 Å². The van der Waals surface area contributed by atoms with Crippen LogP contribution < -0.4 is 14.4 Å². The molecule has 0 spiro atoms. The van der Waals surface area contributed by atoms with Crippen LogP contribution in [0.4, 0.5) is 18.0 Å². The molecule has 4 amide bonds. The summed E-state index contributed by atoms with van der Waals surface area (Å²) in [6, 6.07) is 2.24. The lowest BCUT2D eigenvalue weighted by Crippen LogP contribution is -3.09.